The lowest BCUT2D eigenvalue weighted by Crippen LogP contribution is -2.41. The van der Waals surface area contributed by atoms with Crippen LogP contribution in [0.1, 0.15) is 31.5 Å². The Hall–Kier alpha value is -0.940. The standard InChI is InChI=1S/C9H15N3O2/c13-8-4-2-1-3-7(8)10-5-9-11-6-14-12-9/h6-8,10,13H,1-5H2/t7-,8-/m1/s1. The molecule has 1 aliphatic carbocycles. The summed E-state index contributed by atoms with van der Waals surface area (Å²) in [5.41, 5.74) is 0. The van der Waals surface area contributed by atoms with Gasteiger partial charge < -0.3 is 14.9 Å². The van der Waals surface area contributed by atoms with Gasteiger partial charge in [-0.25, -0.2) is 0 Å². The van der Waals surface area contributed by atoms with Crippen LogP contribution in [-0.2, 0) is 6.54 Å². The van der Waals surface area contributed by atoms with Gasteiger partial charge >= 0.3 is 0 Å². The molecular weight excluding hydrogens is 182 g/mol. The molecule has 1 aromatic heterocycles. The molecule has 0 aliphatic heterocycles. The van der Waals surface area contributed by atoms with Crippen molar-refractivity contribution >= 4 is 0 Å². The molecule has 0 aromatic carbocycles. The third kappa shape index (κ3) is 2.30. The third-order valence-electron chi connectivity index (χ3n) is 2.66. The van der Waals surface area contributed by atoms with Crippen molar-refractivity contribution in [1.29, 1.82) is 0 Å². The second-order valence-corrected chi connectivity index (χ2v) is 3.69. The van der Waals surface area contributed by atoms with Crippen molar-refractivity contribution in [3.63, 3.8) is 0 Å². The highest BCUT2D eigenvalue weighted by Gasteiger charge is 2.22. The Morgan fingerprint density at radius 1 is 1.50 bits per heavy atom. The summed E-state index contributed by atoms with van der Waals surface area (Å²) in [6.45, 7) is 0.568. The summed E-state index contributed by atoms with van der Waals surface area (Å²) in [5, 5.41) is 16.6. The average Bonchev–Trinajstić information content (AvgIpc) is 2.69. The molecule has 1 aromatic rings. The van der Waals surface area contributed by atoms with E-state index in [4.69, 9.17) is 0 Å². The van der Waals surface area contributed by atoms with Crippen LogP contribution >= 0.6 is 0 Å². The van der Waals surface area contributed by atoms with Gasteiger partial charge in [0.25, 0.3) is 0 Å². The first-order chi connectivity index (χ1) is 6.86. The van der Waals surface area contributed by atoms with E-state index in [0.717, 1.165) is 19.3 Å². The van der Waals surface area contributed by atoms with Gasteiger partial charge in [-0.2, -0.15) is 4.98 Å². The lowest BCUT2D eigenvalue weighted by atomic mass is 9.93. The number of nitrogens with zero attached hydrogens (tertiary/aromatic N) is 2. The summed E-state index contributed by atoms with van der Waals surface area (Å²) in [6, 6.07) is 0.183. The zero-order chi connectivity index (χ0) is 9.80. The maximum atomic E-state index is 9.67. The molecule has 0 bridgehead atoms. The van der Waals surface area contributed by atoms with Crippen molar-refractivity contribution in [3.05, 3.63) is 12.2 Å². The minimum absolute atomic E-state index is 0.183. The van der Waals surface area contributed by atoms with Gasteiger partial charge in [-0.1, -0.05) is 18.0 Å². The summed E-state index contributed by atoms with van der Waals surface area (Å²) >= 11 is 0. The van der Waals surface area contributed by atoms with Gasteiger partial charge in [0.2, 0.25) is 6.39 Å². The summed E-state index contributed by atoms with van der Waals surface area (Å²) in [7, 11) is 0. The van der Waals surface area contributed by atoms with E-state index < -0.39 is 0 Å². The first-order valence-corrected chi connectivity index (χ1v) is 5.03. The molecule has 2 N–H and O–H groups in total. The number of aliphatic hydroxyl groups excluding tert-OH is 1. The lowest BCUT2D eigenvalue weighted by molar-refractivity contribution is 0.0898. The number of aromatic nitrogens is 2. The summed E-state index contributed by atoms with van der Waals surface area (Å²) < 4.78 is 4.62. The van der Waals surface area contributed by atoms with Gasteiger partial charge in [-0.05, 0) is 12.8 Å². The highest BCUT2D eigenvalue weighted by molar-refractivity contribution is 4.84. The number of aliphatic hydroxyl groups is 1. The second kappa shape index (κ2) is 4.52. The highest BCUT2D eigenvalue weighted by Crippen LogP contribution is 2.18. The quantitative estimate of drug-likeness (QED) is 0.736. The smallest absolute Gasteiger partial charge is 0.213 e. The SMILES string of the molecule is O[C@@H]1CCCC[C@H]1NCc1ncon1. The Labute approximate surface area is 82.5 Å². The van der Waals surface area contributed by atoms with Gasteiger partial charge in [-0.3, -0.25) is 0 Å². The molecule has 14 heavy (non-hydrogen) atoms. The van der Waals surface area contributed by atoms with Crippen LogP contribution in [-0.4, -0.2) is 27.4 Å². The van der Waals surface area contributed by atoms with Gasteiger partial charge in [0.05, 0.1) is 12.6 Å². The zero-order valence-electron chi connectivity index (χ0n) is 8.02. The third-order valence-corrected chi connectivity index (χ3v) is 2.66. The Balaban J connectivity index is 1.79. The van der Waals surface area contributed by atoms with Gasteiger partial charge in [0, 0.05) is 6.04 Å². The number of hydrogen-bond acceptors (Lipinski definition) is 5. The van der Waals surface area contributed by atoms with Gasteiger partial charge in [0.15, 0.2) is 5.82 Å². The summed E-state index contributed by atoms with van der Waals surface area (Å²) in [4.78, 5) is 3.90. The molecule has 1 saturated carbocycles. The first kappa shape index (κ1) is 9.61. The van der Waals surface area contributed by atoms with Crippen LogP contribution in [0.3, 0.4) is 0 Å². The van der Waals surface area contributed by atoms with Crippen molar-refractivity contribution in [2.75, 3.05) is 0 Å². The van der Waals surface area contributed by atoms with E-state index >= 15 is 0 Å². The van der Waals surface area contributed by atoms with E-state index in [1.54, 1.807) is 0 Å². The van der Waals surface area contributed by atoms with Gasteiger partial charge in [0.1, 0.15) is 0 Å². The Morgan fingerprint density at radius 3 is 3.07 bits per heavy atom. The predicted octanol–water partition coefficient (Wildman–Crippen LogP) is 0.463. The van der Waals surface area contributed by atoms with Crippen LogP contribution in [0.15, 0.2) is 10.9 Å². The molecule has 5 heteroatoms. The molecule has 1 aliphatic rings. The topological polar surface area (TPSA) is 71.2 Å². The Kier molecular flexibility index (Phi) is 3.10. The van der Waals surface area contributed by atoms with Crippen LogP contribution < -0.4 is 5.32 Å². The molecule has 0 saturated heterocycles. The van der Waals surface area contributed by atoms with Crippen LogP contribution in [0.4, 0.5) is 0 Å². The van der Waals surface area contributed by atoms with Crippen LogP contribution in [0.25, 0.3) is 0 Å². The largest absolute Gasteiger partial charge is 0.392 e. The number of rotatable bonds is 3. The van der Waals surface area contributed by atoms with Crippen LogP contribution in [0.2, 0.25) is 0 Å². The predicted molar refractivity (Wildman–Crippen MR) is 49.4 cm³/mol. The molecule has 1 heterocycles. The van der Waals surface area contributed by atoms with E-state index in [2.05, 4.69) is 20.0 Å². The molecule has 0 radical (unpaired) electrons. The monoisotopic (exact) mass is 197 g/mol. The zero-order valence-corrected chi connectivity index (χ0v) is 8.02. The van der Waals surface area contributed by atoms with E-state index in [9.17, 15) is 5.11 Å². The van der Waals surface area contributed by atoms with Crippen molar-refractivity contribution in [3.8, 4) is 0 Å². The Bertz CT molecular complexity index is 263. The van der Waals surface area contributed by atoms with Crippen molar-refractivity contribution in [1.82, 2.24) is 15.5 Å². The Morgan fingerprint density at radius 2 is 2.36 bits per heavy atom. The van der Waals surface area contributed by atoms with E-state index in [0.29, 0.717) is 12.4 Å². The molecule has 5 nitrogen and oxygen atoms in total. The van der Waals surface area contributed by atoms with Crippen LogP contribution in [0, 0.1) is 0 Å². The fourth-order valence-electron chi connectivity index (χ4n) is 1.84. The molecular formula is C9H15N3O2. The van der Waals surface area contributed by atoms with Crippen LogP contribution in [0.5, 0.6) is 0 Å². The molecule has 0 spiro atoms. The second-order valence-electron chi connectivity index (χ2n) is 3.69. The molecule has 2 atom stereocenters. The average molecular weight is 197 g/mol. The molecule has 0 unspecified atom stereocenters. The fourth-order valence-corrected chi connectivity index (χ4v) is 1.84. The van der Waals surface area contributed by atoms with Crippen molar-refractivity contribution in [2.24, 2.45) is 0 Å². The van der Waals surface area contributed by atoms with E-state index in [1.807, 2.05) is 0 Å². The lowest BCUT2D eigenvalue weighted by Gasteiger charge is -2.27. The normalized spacial score (nSPS) is 27.8. The summed E-state index contributed by atoms with van der Waals surface area (Å²) in [5.74, 6) is 0.641. The summed E-state index contributed by atoms with van der Waals surface area (Å²) in [6.07, 6.45) is 5.32. The number of nitrogens with one attached hydrogen (secondary N) is 1. The maximum absolute atomic E-state index is 9.67. The molecule has 1 fully saturated rings. The van der Waals surface area contributed by atoms with Gasteiger partial charge in [-0.15, -0.1) is 0 Å². The molecule has 0 amide bonds. The minimum atomic E-state index is -0.226. The highest BCUT2D eigenvalue weighted by atomic mass is 16.5. The number of hydrogen-bond donors (Lipinski definition) is 2. The maximum Gasteiger partial charge on any atom is 0.213 e. The first-order valence-electron chi connectivity index (χ1n) is 5.03. The minimum Gasteiger partial charge on any atom is -0.392 e. The van der Waals surface area contributed by atoms with Crippen molar-refractivity contribution in [2.45, 2.75) is 44.4 Å². The fraction of sp³-hybridized carbons (Fsp3) is 0.778. The molecule has 78 valence electrons. The van der Waals surface area contributed by atoms with Crippen molar-refractivity contribution < 1.29 is 9.63 Å². The van der Waals surface area contributed by atoms with E-state index in [-0.39, 0.29) is 12.1 Å². The molecule has 2 rings (SSSR count). The van der Waals surface area contributed by atoms with E-state index in [1.165, 1.54) is 12.8 Å².